The van der Waals surface area contributed by atoms with E-state index in [2.05, 4.69) is 10.2 Å². The van der Waals surface area contributed by atoms with E-state index in [1.807, 2.05) is 37.8 Å². The van der Waals surface area contributed by atoms with E-state index in [4.69, 9.17) is 4.74 Å². The lowest BCUT2D eigenvalue weighted by molar-refractivity contribution is 0.417. The zero-order chi connectivity index (χ0) is 15.4. The molecule has 5 heteroatoms. The van der Waals surface area contributed by atoms with Crippen LogP contribution in [0.5, 0.6) is 5.75 Å². The Morgan fingerprint density at radius 3 is 2.32 bits per heavy atom. The summed E-state index contributed by atoms with van der Waals surface area (Å²) in [6.45, 7) is 0. The van der Waals surface area contributed by atoms with Gasteiger partial charge in [0.1, 0.15) is 11.3 Å². The highest BCUT2D eigenvalue weighted by molar-refractivity contribution is 5.70. The Hall–Kier alpha value is -2.30. The van der Waals surface area contributed by atoms with Crippen molar-refractivity contribution in [2.45, 2.75) is 32.1 Å². The van der Waals surface area contributed by atoms with Gasteiger partial charge in [-0.15, -0.1) is 0 Å². The van der Waals surface area contributed by atoms with E-state index in [0.29, 0.717) is 0 Å². The maximum Gasteiger partial charge on any atom is 0.145 e. The summed E-state index contributed by atoms with van der Waals surface area (Å²) >= 11 is 0. The van der Waals surface area contributed by atoms with Crippen molar-refractivity contribution in [2.75, 3.05) is 7.11 Å². The standard InChI is InChI=1S/C12H12N4O.C5H10/c1-15-7-10(6-14-15)9-5-12(17-2)11-3-4-13-16(11)8-9;1-2-4-5-3-1/h3-8H,1-2H3;1-5H2. The van der Waals surface area contributed by atoms with E-state index in [-0.39, 0.29) is 0 Å². The van der Waals surface area contributed by atoms with Gasteiger partial charge in [0.15, 0.2) is 0 Å². The Bertz CT molecular complexity index is 732. The first-order valence-electron chi connectivity index (χ1n) is 7.78. The minimum Gasteiger partial charge on any atom is -0.494 e. The smallest absolute Gasteiger partial charge is 0.145 e. The topological polar surface area (TPSA) is 44.4 Å². The van der Waals surface area contributed by atoms with Crippen molar-refractivity contribution in [3.05, 3.63) is 36.9 Å². The number of aryl methyl sites for hydroxylation is 1. The maximum atomic E-state index is 5.37. The molecule has 0 aromatic carbocycles. The largest absolute Gasteiger partial charge is 0.494 e. The van der Waals surface area contributed by atoms with Gasteiger partial charge in [-0.25, -0.2) is 4.52 Å². The van der Waals surface area contributed by atoms with Gasteiger partial charge < -0.3 is 4.74 Å². The van der Waals surface area contributed by atoms with Crippen molar-refractivity contribution in [3.8, 4) is 16.9 Å². The molecule has 0 spiro atoms. The fourth-order valence-electron chi connectivity index (χ4n) is 2.77. The third-order valence-corrected chi connectivity index (χ3v) is 3.98. The van der Waals surface area contributed by atoms with Crippen molar-refractivity contribution in [1.82, 2.24) is 19.4 Å². The number of ether oxygens (including phenoxy) is 1. The van der Waals surface area contributed by atoms with Crippen LogP contribution in [0.15, 0.2) is 36.9 Å². The molecule has 0 aliphatic heterocycles. The van der Waals surface area contributed by atoms with Crippen LogP contribution in [0.1, 0.15) is 32.1 Å². The van der Waals surface area contributed by atoms with Crippen LogP contribution < -0.4 is 4.74 Å². The summed E-state index contributed by atoms with van der Waals surface area (Å²) in [5.74, 6) is 0.809. The van der Waals surface area contributed by atoms with Gasteiger partial charge in [0.05, 0.1) is 19.5 Å². The van der Waals surface area contributed by atoms with Crippen LogP contribution in [0.25, 0.3) is 16.6 Å². The van der Waals surface area contributed by atoms with E-state index in [9.17, 15) is 0 Å². The lowest BCUT2D eigenvalue weighted by atomic mass is 10.1. The van der Waals surface area contributed by atoms with E-state index in [1.54, 1.807) is 22.5 Å². The van der Waals surface area contributed by atoms with Crippen LogP contribution in [-0.2, 0) is 7.05 Å². The molecule has 1 fully saturated rings. The SMILES string of the molecule is C1CCCC1.COc1cc(-c2cnn(C)c2)cn2nccc12. The molecule has 1 aliphatic rings. The van der Waals surface area contributed by atoms with Crippen LogP contribution in [0.3, 0.4) is 0 Å². The molecule has 0 N–H and O–H groups in total. The fourth-order valence-corrected chi connectivity index (χ4v) is 2.77. The molecular formula is C17H22N4O. The van der Waals surface area contributed by atoms with E-state index >= 15 is 0 Å². The molecule has 116 valence electrons. The van der Waals surface area contributed by atoms with Crippen molar-refractivity contribution in [1.29, 1.82) is 0 Å². The lowest BCUT2D eigenvalue weighted by Gasteiger charge is -2.05. The number of fused-ring (bicyclic) bond motifs is 1. The van der Waals surface area contributed by atoms with Gasteiger partial charge >= 0.3 is 0 Å². The van der Waals surface area contributed by atoms with E-state index in [1.165, 1.54) is 32.1 Å². The molecule has 3 aromatic rings. The van der Waals surface area contributed by atoms with Crippen LogP contribution in [-0.4, -0.2) is 26.5 Å². The lowest BCUT2D eigenvalue weighted by Crippen LogP contribution is -1.92. The summed E-state index contributed by atoms with van der Waals surface area (Å²) in [5.41, 5.74) is 3.04. The molecule has 1 saturated carbocycles. The van der Waals surface area contributed by atoms with Gasteiger partial charge in [-0.2, -0.15) is 10.2 Å². The summed E-state index contributed by atoms with van der Waals surface area (Å²) in [6.07, 6.45) is 15.0. The van der Waals surface area contributed by atoms with E-state index < -0.39 is 0 Å². The third-order valence-electron chi connectivity index (χ3n) is 3.98. The predicted molar refractivity (Wildman–Crippen MR) is 87.0 cm³/mol. The Labute approximate surface area is 130 Å². The third kappa shape index (κ3) is 3.13. The summed E-state index contributed by atoms with van der Waals surface area (Å²) in [7, 11) is 3.56. The van der Waals surface area contributed by atoms with Crippen LogP contribution in [0, 0.1) is 0 Å². The molecular weight excluding hydrogens is 276 g/mol. The second-order valence-electron chi connectivity index (χ2n) is 5.63. The molecule has 0 amide bonds. The van der Waals surface area contributed by atoms with Crippen molar-refractivity contribution >= 4 is 5.52 Å². The summed E-state index contributed by atoms with van der Waals surface area (Å²) < 4.78 is 8.95. The summed E-state index contributed by atoms with van der Waals surface area (Å²) in [6, 6.07) is 3.92. The summed E-state index contributed by atoms with van der Waals surface area (Å²) in [5, 5.41) is 8.39. The van der Waals surface area contributed by atoms with Crippen LogP contribution in [0.2, 0.25) is 0 Å². The molecule has 0 bridgehead atoms. The number of methoxy groups -OCH3 is 1. The molecule has 0 atom stereocenters. The Balaban J connectivity index is 0.000000246. The number of hydrogen-bond acceptors (Lipinski definition) is 3. The second-order valence-corrected chi connectivity index (χ2v) is 5.63. The Morgan fingerprint density at radius 1 is 1.00 bits per heavy atom. The van der Waals surface area contributed by atoms with E-state index in [0.717, 1.165) is 22.4 Å². The average molecular weight is 298 g/mol. The van der Waals surface area contributed by atoms with Gasteiger partial charge in [0.2, 0.25) is 0 Å². The molecule has 22 heavy (non-hydrogen) atoms. The molecule has 4 rings (SSSR count). The second kappa shape index (κ2) is 6.64. The quantitative estimate of drug-likeness (QED) is 0.724. The van der Waals surface area contributed by atoms with Gasteiger partial charge in [-0.05, 0) is 12.1 Å². The molecule has 1 aliphatic carbocycles. The normalized spacial score (nSPS) is 13.9. The van der Waals surface area contributed by atoms with Crippen molar-refractivity contribution < 1.29 is 4.74 Å². The van der Waals surface area contributed by atoms with Gasteiger partial charge in [-0.1, -0.05) is 32.1 Å². The minimum absolute atomic E-state index is 0.809. The van der Waals surface area contributed by atoms with Crippen molar-refractivity contribution in [2.24, 2.45) is 7.05 Å². The maximum absolute atomic E-state index is 5.37. The molecule has 5 nitrogen and oxygen atoms in total. The molecule has 3 aromatic heterocycles. The fraction of sp³-hybridized carbons (Fsp3) is 0.412. The monoisotopic (exact) mass is 298 g/mol. The van der Waals surface area contributed by atoms with Gasteiger partial charge in [0, 0.05) is 30.6 Å². The number of rotatable bonds is 2. The number of pyridine rings is 1. The van der Waals surface area contributed by atoms with Crippen molar-refractivity contribution in [3.63, 3.8) is 0 Å². The average Bonchev–Trinajstić information content (AvgIpc) is 3.28. The first kappa shape index (κ1) is 14.6. The molecule has 0 unspecified atom stereocenters. The first-order chi connectivity index (χ1) is 10.8. The highest BCUT2D eigenvalue weighted by Gasteiger charge is 2.08. The number of aromatic nitrogens is 4. The summed E-state index contributed by atoms with van der Waals surface area (Å²) in [4.78, 5) is 0. The van der Waals surface area contributed by atoms with Crippen LogP contribution in [0.4, 0.5) is 0 Å². The number of hydrogen-bond donors (Lipinski definition) is 0. The first-order valence-corrected chi connectivity index (χ1v) is 7.78. The Kier molecular flexibility index (Phi) is 4.42. The Morgan fingerprint density at radius 2 is 1.73 bits per heavy atom. The molecule has 0 saturated heterocycles. The molecule has 3 heterocycles. The zero-order valence-corrected chi connectivity index (χ0v) is 13.2. The highest BCUT2D eigenvalue weighted by atomic mass is 16.5. The highest BCUT2D eigenvalue weighted by Crippen LogP contribution is 2.27. The predicted octanol–water partition coefficient (Wildman–Crippen LogP) is 3.69. The molecule has 0 radical (unpaired) electrons. The minimum atomic E-state index is 0.809. The van der Waals surface area contributed by atoms with Crippen LogP contribution >= 0.6 is 0 Å². The van der Waals surface area contributed by atoms with Gasteiger partial charge in [-0.3, -0.25) is 4.68 Å². The number of nitrogens with zero attached hydrogens (tertiary/aromatic N) is 4. The van der Waals surface area contributed by atoms with Gasteiger partial charge in [0.25, 0.3) is 0 Å². The zero-order valence-electron chi connectivity index (χ0n) is 13.2.